The molecule has 4 nitrogen and oxygen atoms in total. The van der Waals surface area contributed by atoms with Crippen molar-refractivity contribution in [1.82, 2.24) is 4.90 Å². The molecule has 96 valence electrons. The van der Waals surface area contributed by atoms with Gasteiger partial charge in [0.05, 0.1) is 6.42 Å². The highest BCUT2D eigenvalue weighted by atomic mass is 16.3. The van der Waals surface area contributed by atoms with Crippen molar-refractivity contribution in [3.8, 4) is 5.75 Å². The minimum Gasteiger partial charge on any atom is -0.508 e. The van der Waals surface area contributed by atoms with Gasteiger partial charge < -0.3 is 10.0 Å². The summed E-state index contributed by atoms with van der Waals surface area (Å²) in [6.45, 7) is 1.89. The zero-order chi connectivity index (χ0) is 13.1. The second-order valence-electron chi connectivity index (χ2n) is 4.80. The average Bonchev–Trinajstić information content (AvgIpc) is 3.08. The number of amides is 1. The molecule has 0 atom stereocenters. The van der Waals surface area contributed by atoms with Gasteiger partial charge in [-0.1, -0.05) is 12.1 Å². The van der Waals surface area contributed by atoms with Crippen LogP contribution in [0.5, 0.6) is 5.75 Å². The standard InChI is InChI=1S/C14H17NO3/c1-10(16)7-14(18)15(12-5-6-12)9-11-3-2-4-13(17)8-11/h2-4,8,12,17H,5-7,9H2,1H3. The molecule has 1 aromatic carbocycles. The zero-order valence-corrected chi connectivity index (χ0v) is 10.4. The molecule has 18 heavy (non-hydrogen) atoms. The van der Waals surface area contributed by atoms with Gasteiger partial charge >= 0.3 is 0 Å². The maximum Gasteiger partial charge on any atom is 0.230 e. The number of ketones is 1. The number of benzene rings is 1. The average molecular weight is 247 g/mol. The quantitative estimate of drug-likeness (QED) is 0.808. The predicted octanol–water partition coefficient (Wildman–Crippen LogP) is 1.86. The highest BCUT2D eigenvalue weighted by molar-refractivity contribution is 5.97. The number of nitrogens with zero attached hydrogens (tertiary/aromatic N) is 1. The highest BCUT2D eigenvalue weighted by Crippen LogP contribution is 2.29. The van der Waals surface area contributed by atoms with E-state index in [9.17, 15) is 14.7 Å². The molecule has 1 aromatic rings. The number of phenolic OH excluding ortho intramolecular Hbond substituents is 1. The first-order valence-corrected chi connectivity index (χ1v) is 6.13. The molecule has 2 rings (SSSR count). The smallest absolute Gasteiger partial charge is 0.230 e. The molecule has 0 aliphatic heterocycles. The minimum atomic E-state index is -0.117. The van der Waals surface area contributed by atoms with Crippen LogP contribution in [0.2, 0.25) is 0 Å². The van der Waals surface area contributed by atoms with Gasteiger partial charge in [0.15, 0.2) is 0 Å². The Morgan fingerprint density at radius 2 is 2.11 bits per heavy atom. The van der Waals surface area contributed by atoms with Crippen LogP contribution in [-0.2, 0) is 16.1 Å². The Balaban J connectivity index is 2.06. The Bertz CT molecular complexity index is 466. The number of rotatable bonds is 5. The zero-order valence-electron chi connectivity index (χ0n) is 10.4. The van der Waals surface area contributed by atoms with Crippen molar-refractivity contribution in [2.75, 3.05) is 0 Å². The van der Waals surface area contributed by atoms with E-state index < -0.39 is 0 Å². The molecule has 0 bridgehead atoms. The fourth-order valence-corrected chi connectivity index (χ4v) is 1.97. The van der Waals surface area contributed by atoms with Gasteiger partial charge in [-0.25, -0.2) is 0 Å². The van der Waals surface area contributed by atoms with E-state index in [-0.39, 0.29) is 29.9 Å². The van der Waals surface area contributed by atoms with Gasteiger partial charge in [-0.05, 0) is 37.5 Å². The molecule has 1 amide bonds. The maximum atomic E-state index is 12.0. The lowest BCUT2D eigenvalue weighted by atomic mass is 10.2. The molecule has 1 N–H and O–H groups in total. The van der Waals surface area contributed by atoms with E-state index in [4.69, 9.17) is 0 Å². The summed E-state index contributed by atoms with van der Waals surface area (Å²) in [5.41, 5.74) is 0.888. The third kappa shape index (κ3) is 3.32. The lowest BCUT2D eigenvalue weighted by molar-refractivity contribution is -0.135. The number of carbonyl (C=O) groups is 2. The number of phenols is 1. The summed E-state index contributed by atoms with van der Waals surface area (Å²) in [7, 11) is 0. The largest absolute Gasteiger partial charge is 0.508 e. The van der Waals surface area contributed by atoms with Crippen molar-refractivity contribution in [2.24, 2.45) is 0 Å². The molecule has 0 heterocycles. The van der Waals surface area contributed by atoms with E-state index in [1.807, 2.05) is 6.07 Å². The summed E-state index contributed by atoms with van der Waals surface area (Å²) in [5.74, 6) is -0.0304. The lowest BCUT2D eigenvalue weighted by Gasteiger charge is -2.22. The minimum absolute atomic E-state index is 0.0324. The Labute approximate surface area is 106 Å². The molecular formula is C14H17NO3. The Hall–Kier alpha value is -1.84. The van der Waals surface area contributed by atoms with Gasteiger partial charge in [0, 0.05) is 12.6 Å². The van der Waals surface area contributed by atoms with Crippen LogP contribution in [0.3, 0.4) is 0 Å². The van der Waals surface area contributed by atoms with Gasteiger partial charge in [0.1, 0.15) is 11.5 Å². The number of hydrogen-bond acceptors (Lipinski definition) is 3. The predicted molar refractivity (Wildman–Crippen MR) is 67.0 cm³/mol. The third-order valence-corrected chi connectivity index (χ3v) is 2.97. The summed E-state index contributed by atoms with van der Waals surface area (Å²) in [6.07, 6.45) is 1.97. The SMILES string of the molecule is CC(=O)CC(=O)N(Cc1cccc(O)c1)C1CC1. The van der Waals surface area contributed by atoms with Crippen LogP contribution in [0.25, 0.3) is 0 Å². The van der Waals surface area contributed by atoms with Crippen molar-refractivity contribution in [2.45, 2.75) is 38.8 Å². The van der Waals surface area contributed by atoms with Crippen molar-refractivity contribution in [3.63, 3.8) is 0 Å². The fourth-order valence-electron chi connectivity index (χ4n) is 1.97. The molecular weight excluding hydrogens is 230 g/mol. The topological polar surface area (TPSA) is 57.6 Å². The first kappa shape index (κ1) is 12.6. The fraction of sp³-hybridized carbons (Fsp3) is 0.429. The number of aromatic hydroxyl groups is 1. The van der Waals surface area contributed by atoms with Gasteiger partial charge in [-0.3, -0.25) is 9.59 Å². The molecule has 0 unspecified atom stereocenters. The normalized spacial score (nSPS) is 14.3. The Kier molecular flexibility index (Phi) is 3.65. The van der Waals surface area contributed by atoms with Gasteiger partial charge in [-0.2, -0.15) is 0 Å². The first-order valence-electron chi connectivity index (χ1n) is 6.13. The maximum absolute atomic E-state index is 12.0. The van der Waals surface area contributed by atoms with E-state index in [0.717, 1.165) is 18.4 Å². The van der Waals surface area contributed by atoms with Crippen LogP contribution in [0.4, 0.5) is 0 Å². The molecule has 0 radical (unpaired) electrons. The second-order valence-corrected chi connectivity index (χ2v) is 4.80. The van der Waals surface area contributed by atoms with E-state index in [1.54, 1.807) is 23.1 Å². The van der Waals surface area contributed by atoms with Crippen LogP contribution in [0, 0.1) is 0 Å². The van der Waals surface area contributed by atoms with Crippen LogP contribution < -0.4 is 0 Å². The van der Waals surface area contributed by atoms with E-state index in [2.05, 4.69) is 0 Å². The summed E-state index contributed by atoms with van der Waals surface area (Å²) in [4.78, 5) is 24.7. The van der Waals surface area contributed by atoms with Crippen molar-refractivity contribution in [1.29, 1.82) is 0 Å². The Morgan fingerprint density at radius 3 is 2.67 bits per heavy atom. The highest BCUT2D eigenvalue weighted by Gasteiger charge is 2.32. The second kappa shape index (κ2) is 5.21. The van der Waals surface area contributed by atoms with Crippen molar-refractivity contribution in [3.05, 3.63) is 29.8 Å². The first-order chi connectivity index (χ1) is 8.56. The molecule has 4 heteroatoms. The summed E-state index contributed by atoms with van der Waals surface area (Å²) >= 11 is 0. The summed E-state index contributed by atoms with van der Waals surface area (Å²) < 4.78 is 0. The summed E-state index contributed by atoms with van der Waals surface area (Å²) in [5, 5.41) is 9.41. The molecule has 0 spiro atoms. The molecule has 1 aliphatic rings. The van der Waals surface area contributed by atoms with Gasteiger partial charge in [-0.15, -0.1) is 0 Å². The van der Waals surface area contributed by atoms with Crippen LogP contribution in [-0.4, -0.2) is 27.7 Å². The third-order valence-electron chi connectivity index (χ3n) is 2.97. The van der Waals surface area contributed by atoms with Crippen LogP contribution in [0.15, 0.2) is 24.3 Å². The Morgan fingerprint density at radius 1 is 1.39 bits per heavy atom. The van der Waals surface area contributed by atoms with Gasteiger partial charge in [0.25, 0.3) is 0 Å². The molecule has 1 saturated carbocycles. The van der Waals surface area contributed by atoms with Crippen LogP contribution in [0.1, 0.15) is 31.7 Å². The molecule has 0 saturated heterocycles. The van der Waals surface area contributed by atoms with E-state index >= 15 is 0 Å². The molecule has 0 aromatic heterocycles. The molecule has 1 fully saturated rings. The summed E-state index contributed by atoms with van der Waals surface area (Å²) in [6, 6.07) is 7.14. The van der Waals surface area contributed by atoms with E-state index in [0.29, 0.717) is 6.54 Å². The lowest BCUT2D eigenvalue weighted by Crippen LogP contribution is -2.33. The number of hydrogen-bond donors (Lipinski definition) is 1. The number of Topliss-reactive ketones (excluding diaryl/α,β-unsaturated/α-hetero) is 1. The van der Waals surface area contributed by atoms with Crippen LogP contribution >= 0.6 is 0 Å². The van der Waals surface area contributed by atoms with Crippen molar-refractivity contribution < 1.29 is 14.7 Å². The van der Waals surface area contributed by atoms with Gasteiger partial charge in [0.2, 0.25) is 5.91 Å². The number of carbonyl (C=O) groups excluding carboxylic acids is 2. The van der Waals surface area contributed by atoms with E-state index in [1.165, 1.54) is 6.92 Å². The monoisotopic (exact) mass is 247 g/mol. The van der Waals surface area contributed by atoms with Crippen molar-refractivity contribution >= 4 is 11.7 Å². The molecule has 1 aliphatic carbocycles.